The molecule has 2 heterocycles. The summed E-state index contributed by atoms with van der Waals surface area (Å²) in [5.41, 5.74) is -1.69. The maximum Gasteiger partial charge on any atom is 0.415 e. The van der Waals surface area contributed by atoms with E-state index in [1.165, 1.54) is 27.1 Å². The van der Waals surface area contributed by atoms with Crippen LogP contribution in [0.4, 0.5) is 22.2 Å². The summed E-state index contributed by atoms with van der Waals surface area (Å²) in [4.78, 5) is 63.4. The molecule has 0 aliphatic carbocycles. The summed E-state index contributed by atoms with van der Waals surface area (Å²) in [7, 11) is 3.51. The minimum Gasteiger partial charge on any atom is -0.459 e. The third-order valence-corrected chi connectivity index (χ3v) is 4.43. The molecule has 0 aromatic carbocycles. The van der Waals surface area contributed by atoms with Crippen molar-refractivity contribution in [3.05, 3.63) is 10.4 Å². The molecule has 0 radical (unpaired) electrons. The molecule has 0 saturated carbocycles. The molecule has 1 unspecified atom stereocenters. The van der Waals surface area contributed by atoms with Gasteiger partial charge in [0.2, 0.25) is 5.95 Å². The Hall–Kier alpha value is -3.64. The van der Waals surface area contributed by atoms with Crippen molar-refractivity contribution in [2.75, 3.05) is 30.9 Å². The highest BCUT2D eigenvalue weighted by atomic mass is 16.6. The van der Waals surface area contributed by atoms with Crippen molar-refractivity contribution >= 4 is 41.8 Å². The molecule has 1 amide bonds. The Balaban J connectivity index is 2.62. The summed E-state index contributed by atoms with van der Waals surface area (Å²) in [5, 5.41) is 2.99. The zero-order valence-electron chi connectivity index (χ0n) is 20.7. The van der Waals surface area contributed by atoms with Gasteiger partial charge in [0.1, 0.15) is 11.7 Å². The number of hydrogen-bond donors (Lipinski definition) is 2. The van der Waals surface area contributed by atoms with Crippen LogP contribution >= 0.6 is 0 Å². The first-order valence-corrected chi connectivity index (χ1v) is 10.6. The van der Waals surface area contributed by atoms with E-state index in [0.29, 0.717) is 0 Å². The molecule has 2 rings (SSSR count). The summed E-state index contributed by atoms with van der Waals surface area (Å²) in [6.45, 7) is 8.98. The van der Waals surface area contributed by atoms with E-state index in [2.05, 4.69) is 20.3 Å². The standard InChI is InChI=1S/C21H32N6O7/c1-11(32-12(2)28)16(33-13(3)29)14-9-22-17-15(27(14)20(31)34-21(4,5)6)18(30)25-19(24-17)23-10-26(7)8/h10-11,14,16H,9H2,1-8H3,(H2,22,24,25,30)/b23-10+/t11-,14?,16-/m0/s1. The Labute approximate surface area is 197 Å². The van der Waals surface area contributed by atoms with Crippen molar-refractivity contribution in [3.8, 4) is 0 Å². The number of carbonyl (C=O) groups excluding carboxylic acids is 3. The van der Waals surface area contributed by atoms with Crippen LogP contribution in [0.3, 0.4) is 0 Å². The molecule has 2 N–H and O–H groups in total. The van der Waals surface area contributed by atoms with Gasteiger partial charge >= 0.3 is 18.0 Å². The average molecular weight is 481 g/mol. The number of fused-ring (bicyclic) bond motifs is 1. The first-order chi connectivity index (χ1) is 15.7. The quantitative estimate of drug-likeness (QED) is 0.264. The lowest BCUT2D eigenvalue weighted by molar-refractivity contribution is -0.165. The lowest BCUT2D eigenvalue weighted by Gasteiger charge is -2.41. The number of amides is 1. The number of carbonyl (C=O) groups is 3. The molecule has 13 heteroatoms. The first kappa shape index (κ1) is 26.6. The normalized spacial score (nSPS) is 17.3. The van der Waals surface area contributed by atoms with E-state index < -0.39 is 47.4 Å². The molecular formula is C21H32N6O7. The van der Waals surface area contributed by atoms with Crippen LogP contribution in [0.15, 0.2) is 9.79 Å². The van der Waals surface area contributed by atoms with Gasteiger partial charge in [-0.2, -0.15) is 4.98 Å². The van der Waals surface area contributed by atoms with Crippen LogP contribution in [0.25, 0.3) is 0 Å². The summed E-state index contributed by atoms with van der Waals surface area (Å²) in [6, 6.07) is -0.959. The van der Waals surface area contributed by atoms with E-state index in [4.69, 9.17) is 14.2 Å². The lowest BCUT2D eigenvalue weighted by Crippen LogP contribution is -2.60. The Bertz CT molecular complexity index is 1010. The number of aliphatic imine (C=N–C) groups is 1. The van der Waals surface area contributed by atoms with Crippen molar-refractivity contribution < 1.29 is 28.6 Å². The number of aromatic nitrogens is 2. The van der Waals surface area contributed by atoms with Crippen LogP contribution in [-0.2, 0) is 23.8 Å². The number of nitrogens with zero attached hydrogens (tertiary/aromatic N) is 4. The highest BCUT2D eigenvalue weighted by Crippen LogP contribution is 2.32. The molecule has 34 heavy (non-hydrogen) atoms. The van der Waals surface area contributed by atoms with E-state index in [-0.39, 0.29) is 24.0 Å². The second-order valence-electron chi connectivity index (χ2n) is 8.98. The SMILES string of the molecule is CC(=O)O[C@@H](C)[C@H](OC(C)=O)C1CNc2nc(/N=C/N(C)C)[nH]c(=O)c2N1C(=O)OC(C)(C)C. The molecular weight excluding hydrogens is 448 g/mol. The number of nitrogens with one attached hydrogen (secondary N) is 2. The summed E-state index contributed by atoms with van der Waals surface area (Å²) in [6.07, 6.45) is -1.44. The number of rotatable bonds is 6. The lowest BCUT2D eigenvalue weighted by atomic mass is 10.0. The first-order valence-electron chi connectivity index (χ1n) is 10.6. The fourth-order valence-corrected chi connectivity index (χ4v) is 3.30. The van der Waals surface area contributed by atoms with Gasteiger partial charge in [0.25, 0.3) is 5.56 Å². The number of anilines is 2. The Morgan fingerprint density at radius 3 is 2.35 bits per heavy atom. The predicted molar refractivity (Wildman–Crippen MR) is 124 cm³/mol. The van der Waals surface area contributed by atoms with Crippen LogP contribution < -0.4 is 15.8 Å². The highest BCUT2D eigenvalue weighted by molar-refractivity contribution is 5.93. The molecule has 13 nitrogen and oxygen atoms in total. The van der Waals surface area contributed by atoms with Crippen LogP contribution in [0.1, 0.15) is 41.5 Å². The van der Waals surface area contributed by atoms with Crippen molar-refractivity contribution in [1.82, 2.24) is 14.9 Å². The molecule has 3 atom stereocenters. The smallest absolute Gasteiger partial charge is 0.415 e. The molecule has 1 aromatic rings. The van der Waals surface area contributed by atoms with Gasteiger partial charge in [0.15, 0.2) is 17.6 Å². The Morgan fingerprint density at radius 1 is 1.21 bits per heavy atom. The maximum atomic E-state index is 13.3. The summed E-state index contributed by atoms with van der Waals surface area (Å²) < 4.78 is 16.2. The zero-order valence-corrected chi connectivity index (χ0v) is 20.7. The third-order valence-electron chi connectivity index (χ3n) is 4.43. The monoisotopic (exact) mass is 480 g/mol. The average Bonchev–Trinajstić information content (AvgIpc) is 2.67. The van der Waals surface area contributed by atoms with Gasteiger partial charge in [0, 0.05) is 34.5 Å². The van der Waals surface area contributed by atoms with Crippen molar-refractivity contribution in [3.63, 3.8) is 0 Å². The van der Waals surface area contributed by atoms with Crippen molar-refractivity contribution in [2.24, 2.45) is 4.99 Å². The van der Waals surface area contributed by atoms with Crippen molar-refractivity contribution in [2.45, 2.75) is 65.4 Å². The minimum atomic E-state index is -1.11. The Morgan fingerprint density at radius 2 is 1.82 bits per heavy atom. The largest absolute Gasteiger partial charge is 0.459 e. The van der Waals surface area contributed by atoms with Crippen LogP contribution in [0.2, 0.25) is 0 Å². The molecule has 0 bridgehead atoms. The fraction of sp³-hybridized carbons (Fsp3) is 0.619. The second kappa shape index (κ2) is 10.5. The second-order valence-corrected chi connectivity index (χ2v) is 8.98. The summed E-state index contributed by atoms with van der Waals surface area (Å²) in [5.74, 6) is -1.13. The molecule has 1 aliphatic heterocycles. The summed E-state index contributed by atoms with van der Waals surface area (Å²) >= 11 is 0. The van der Waals surface area contributed by atoms with E-state index >= 15 is 0 Å². The number of H-pyrrole nitrogens is 1. The number of hydrogen-bond acceptors (Lipinski definition) is 10. The zero-order chi connectivity index (χ0) is 25.8. The molecule has 188 valence electrons. The van der Waals surface area contributed by atoms with Gasteiger partial charge < -0.3 is 24.4 Å². The van der Waals surface area contributed by atoms with Crippen molar-refractivity contribution in [1.29, 1.82) is 0 Å². The van der Waals surface area contributed by atoms with E-state index in [0.717, 1.165) is 4.90 Å². The predicted octanol–water partition coefficient (Wildman–Crippen LogP) is 1.41. The van der Waals surface area contributed by atoms with Gasteiger partial charge in [-0.15, -0.1) is 0 Å². The number of ether oxygens (including phenoxy) is 3. The molecule has 0 saturated heterocycles. The fourth-order valence-electron chi connectivity index (χ4n) is 3.30. The van der Waals surface area contributed by atoms with Crippen LogP contribution in [0, 0.1) is 0 Å². The van der Waals surface area contributed by atoms with Gasteiger partial charge in [-0.05, 0) is 27.7 Å². The molecule has 0 fully saturated rings. The minimum absolute atomic E-state index is 0.0169. The van der Waals surface area contributed by atoms with Gasteiger partial charge in [0.05, 0.1) is 12.4 Å². The molecule has 0 spiro atoms. The van der Waals surface area contributed by atoms with Gasteiger partial charge in [-0.1, -0.05) is 0 Å². The number of aromatic amines is 1. The highest BCUT2D eigenvalue weighted by Gasteiger charge is 2.45. The Kier molecular flexibility index (Phi) is 8.24. The maximum absolute atomic E-state index is 13.3. The molecule has 1 aromatic heterocycles. The number of esters is 2. The van der Waals surface area contributed by atoms with Crippen LogP contribution in [-0.4, -0.2) is 83.7 Å². The topological polar surface area (TPSA) is 156 Å². The van der Waals surface area contributed by atoms with E-state index in [1.54, 1.807) is 39.8 Å². The van der Waals surface area contributed by atoms with Gasteiger partial charge in [-0.25, -0.2) is 9.79 Å². The van der Waals surface area contributed by atoms with Crippen LogP contribution in [0.5, 0.6) is 0 Å². The third kappa shape index (κ3) is 6.93. The van der Waals surface area contributed by atoms with Gasteiger partial charge in [-0.3, -0.25) is 24.3 Å². The van der Waals surface area contributed by atoms with E-state index in [1.807, 2.05) is 0 Å². The molecule has 1 aliphatic rings. The van der Waals surface area contributed by atoms with E-state index in [9.17, 15) is 19.2 Å².